The molecule has 1 aromatic rings. The van der Waals surface area contributed by atoms with Crippen LogP contribution in [0.1, 0.15) is 32.6 Å². The number of rotatable bonds is 4. The Labute approximate surface area is 176 Å². The lowest BCUT2D eigenvalue weighted by Crippen LogP contribution is -2.56. The van der Waals surface area contributed by atoms with Gasteiger partial charge in [0.05, 0.1) is 4.90 Å². The molecule has 9 nitrogen and oxygen atoms in total. The van der Waals surface area contributed by atoms with Crippen molar-refractivity contribution >= 4 is 27.9 Å². The number of piperazine rings is 1. The highest BCUT2D eigenvalue weighted by Gasteiger charge is 2.54. The van der Waals surface area contributed by atoms with E-state index < -0.39 is 27.6 Å². The van der Waals surface area contributed by atoms with Crippen LogP contribution in [0.3, 0.4) is 0 Å². The molecule has 2 saturated heterocycles. The van der Waals surface area contributed by atoms with E-state index >= 15 is 0 Å². The number of sulfonamides is 1. The summed E-state index contributed by atoms with van der Waals surface area (Å²) in [6, 6.07) is 6.75. The maximum absolute atomic E-state index is 13.0. The zero-order valence-electron chi connectivity index (χ0n) is 16.9. The molecule has 30 heavy (non-hydrogen) atoms. The first-order valence-electron chi connectivity index (χ1n) is 10.3. The average Bonchev–Trinajstić information content (AvgIpc) is 3.32. The summed E-state index contributed by atoms with van der Waals surface area (Å²) in [5.74, 6) is -0.665. The van der Waals surface area contributed by atoms with Crippen molar-refractivity contribution in [3.8, 4) is 0 Å². The maximum Gasteiger partial charge on any atom is 0.325 e. The van der Waals surface area contributed by atoms with Crippen molar-refractivity contribution in [2.24, 2.45) is 0 Å². The molecule has 0 bridgehead atoms. The van der Waals surface area contributed by atoms with Crippen molar-refractivity contribution in [2.75, 3.05) is 26.2 Å². The number of amides is 4. The number of benzene rings is 1. The summed E-state index contributed by atoms with van der Waals surface area (Å²) < 4.78 is 26.9. The number of nitrogens with one attached hydrogen (secondary N) is 1. The molecule has 1 atom stereocenters. The number of hydrogen-bond acceptors (Lipinski definition) is 5. The van der Waals surface area contributed by atoms with Crippen LogP contribution in [0.2, 0.25) is 0 Å². The Morgan fingerprint density at radius 2 is 1.63 bits per heavy atom. The van der Waals surface area contributed by atoms with E-state index in [1.54, 1.807) is 37.3 Å². The van der Waals surface area contributed by atoms with Crippen LogP contribution in [0.15, 0.2) is 35.2 Å². The topological polar surface area (TPSA) is 107 Å². The van der Waals surface area contributed by atoms with Gasteiger partial charge in [-0.1, -0.05) is 31.0 Å². The van der Waals surface area contributed by atoms with Crippen LogP contribution in [0.4, 0.5) is 4.79 Å². The van der Waals surface area contributed by atoms with E-state index in [2.05, 4.69) is 5.32 Å². The van der Waals surface area contributed by atoms with Gasteiger partial charge < -0.3 is 10.2 Å². The first-order valence-corrected chi connectivity index (χ1v) is 11.7. The molecule has 2 aliphatic heterocycles. The smallest absolute Gasteiger partial charge is 0.325 e. The van der Waals surface area contributed by atoms with Gasteiger partial charge in [-0.05, 0) is 31.9 Å². The van der Waals surface area contributed by atoms with Crippen molar-refractivity contribution in [1.29, 1.82) is 0 Å². The molecule has 0 radical (unpaired) electrons. The summed E-state index contributed by atoms with van der Waals surface area (Å²) in [5, 5.41) is 2.79. The number of carbonyl (C=O) groups is 3. The largest absolute Gasteiger partial charge is 0.338 e. The average molecular weight is 435 g/mol. The zero-order valence-corrected chi connectivity index (χ0v) is 17.7. The second kappa shape index (κ2) is 7.66. The lowest BCUT2D eigenvalue weighted by molar-refractivity contribution is -0.143. The van der Waals surface area contributed by atoms with Gasteiger partial charge in [-0.3, -0.25) is 9.59 Å². The highest BCUT2D eigenvalue weighted by molar-refractivity contribution is 7.89. The molecule has 1 aromatic carbocycles. The fourth-order valence-corrected chi connectivity index (χ4v) is 6.02. The third-order valence-corrected chi connectivity index (χ3v) is 8.24. The van der Waals surface area contributed by atoms with Crippen LogP contribution in [0, 0.1) is 0 Å². The lowest BCUT2D eigenvalue weighted by atomic mass is 9.97. The standard InChI is InChI=1S/C20H26N4O5S/c1-15(24-18(26)20(21-19(24)27)9-5-6-10-20)17(25)22-11-13-23(14-12-22)30(28,29)16-7-3-2-4-8-16/h2-4,7-8,15H,5-6,9-14H2,1H3,(H,21,27). The molecular weight excluding hydrogens is 408 g/mol. The highest BCUT2D eigenvalue weighted by atomic mass is 32.2. The monoisotopic (exact) mass is 434 g/mol. The maximum atomic E-state index is 13.0. The molecule has 1 N–H and O–H groups in total. The molecule has 2 heterocycles. The molecular formula is C20H26N4O5S. The SMILES string of the molecule is CC(C(=O)N1CCN(S(=O)(=O)c2ccccc2)CC1)N1C(=O)NC2(CCCC2)C1=O. The Hall–Kier alpha value is -2.46. The molecule has 1 unspecified atom stereocenters. The minimum Gasteiger partial charge on any atom is -0.338 e. The van der Waals surface area contributed by atoms with Crippen LogP contribution in [-0.2, 0) is 19.6 Å². The van der Waals surface area contributed by atoms with Crippen molar-refractivity contribution in [3.63, 3.8) is 0 Å². The number of hydrogen-bond donors (Lipinski definition) is 1. The second-order valence-corrected chi connectivity index (χ2v) is 10.1. The van der Waals surface area contributed by atoms with Crippen LogP contribution in [0.25, 0.3) is 0 Å². The minimum atomic E-state index is -3.61. The van der Waals surface area contributed by atoms with Crippen LogP contribution in [-0.4, -0.2) is 78.1 Å². The molecule has 0 aromatic heterocycles. The molecule has 4 amide bonds. The number of imide groups is 1. The molecule has 162 valence electrons. The zero-order chi connectivity index (χ0) is 21.5. The fraction of sp³-hybridized carbons (Fsp3) is 0.550. The third kappa shape index (κ3) is 3.37. The Bertz CT molecular complexity index is 951. The molecule has 3 fully saturated rings. The van der Waals surface area contributed by atoms with Gasteiger partial charge in [-0.25, -0.2) is 18.1 Å². The first kappa shape index (κ1) is 20.8. The Morgan fingerprint density at radius 3 is 2.23 bits per heavy atom. The van der Waals surface area contributed by atoms with E-state index in [0.29, 0.717) is 12.8 Å². The first-order chi connectivity index (χ1) is 14.3. The summed E-state index contributed by atoms with van der Waals surface area (Å²) in [6.07, 6.45) is 2.95. The van der Waals surface area contributed by atoms with Gasteiger partial charge in [0.1, 0.15) is 11.6 Å². The highest BCUT2D eigenvalue weighted by Crippen LogP contribution is 2.36. The van der Waals surface area contributed by atoms with E-state index in [-0.39, 0.29) is 42.9 Å². The molecule has 3 aliphatic rings. The summed E-state index contributed by atoms with van der Waals surface area (Å²) in [4.78, 5) is 41.1. The molecule has 4 rings (SSSR count). The van der Waals surface area contributed by atoms with E-state index in [9.17, 15) is 22.8 Å². The van der Waals surface area contributed by atoms with E-state index in [1.807, 2.05) is 0 Å². The summed E-state index contributed by atoms with van der Waals surface area (Å²) in [7, 11) is -3.61. The van der Waals surface area contributed by atoms with Gasteiger partial charge >= 0.3 is 6.03 Å². The molecule has 1 saturated carbocycles. The van der Waals surface area contributed by atoms with Crippen molar-refractivity contribution in [2.45, 2.75) is 49.1 Å². The van der Waals surface area contributed by atoms with Gasteiger partial charge in [0, 0.05) is 26.2 Å². The fourth-order valence-electron chi connectivity index (χ4n) is 4.58. The summed E-state index contributed by atoms with van der Waals surface area (Å²) in [5.41, 5.74) is -0.853. The summed E-state index contributed by atoms with van der Waals surface area (Å²) in [6.45, 7) is 2.31. The number of carbonyl (C=O) groups excluding carboxylic acids is 3. The van der Waals surface area contributed by atoms with E-state index in [1.165, 1.54) is 9.21 Å². The number of urea groups is 1. The molecule has 1 spiro atoms. The van der Waals surface area contributed by atoms with Crippen LogP contribution < -0.4 is 5.32 Å². The third-order valence-electron chi connectivity index (χ3n) is 6.33. The van der Waals surface area contributed by atoms with E-state index in [0.717, 1.165) is 17.7 Å². The Kier molecular flexibility index (Phi) is 5.31. The minimum absolute atomic E-state index is 0.166. The van der Waals surface area contributed by atoms with Gasteiger partial charge in [-0.2, -0.15) is 4.31 Å². The van der Waals surface area contributed by atoms with Gasteiger partial charge in [0.15, 0.2) is 0 Å². The second-order valence-electron chi connectivity index (χ2n) is 8.11. The Balaban J connectivity index is 1.41. The Morgan fingerprint density at radius 1 is 1.03 bits per heavy atom. The van der Waals surface area contributed by atoms with Gasteiger partial charge in [0.25, 0.3) is 5.91 Å². The molecule has 1 aliphatic carbocycles. The quantitative estimate of drug-likeness (QED) is 0.705. The number of nitrogens with zero attached hydrogens (tertiary/aromatic N) is 3. The predicted molar refractivity (Wildman–Crippen MR) is 108 cm³/mol. The normalized spacial score (nSPS) is 23.1. The van der Waals surface area contributed by atoms with Gasteiger partial charge in [0.2, 0.25) is 15.9 Å². The summed E-state index contributed by atoms with van der Waals surface area (Å²) >= 11 is 0. The van der Waals surface area contributed by atoms with Crippen molar-refractivity contribution in [1.82, 2.24) is 19.4 Å². The van der Waals surface area contributed by atoms with Crippen molar-refractivity contribution in [3.05, 3.63) is 30.3 Å². The molecule has 10 heteroatoms. The van der Waals surface area contributed by atoms with Crippen LogP contribution in [0.5, 0.6) is 0 Å². The lowest BCUT2D eigenvalue weighted by Gasteiger charge is -2.36. The van der Waals surface area contributed by atoms with Crippen molar-refractivity contribution < 1.29 is 22.8 Å². The van der Waals surface area contributed by atoms with Crippen LogP contribution >= 0.6 is 0 Å². The van der Waals surface area contributed by atoms with Gasteiger partial charge in [-0.15, -0.1) is 0 Å². The predicted octanol–water partition coefficient (Wildman–Crippen LogP) is 0.773. The van der Waals surface area contributed by atoms with E-state index in [4.69, 9.17) is 0 Å².